The van der Waals surface area contributed by atoms with Crippen molar-refractivity contribution in [3.05, 3.63) is 29.8 Å². The van der Waals surface area contributed by atoms with Gasteiger partial charge in [-0.15, -0.1) is 0 Å². The summed E-state index contributed by atoms with van der Waals surface area (Å²) in [6.45, 7) is 0.890. The van der Waals surface area contributed by atoms with Crippen LogP contribution in [0.5, 0.6) is 0 Å². The van der Waals surface area contributed by atoms with E-state index in [1.807, 2.05) is 24.3 Å². The maximum absolute atomic E-state index is 11.9. The second-order valence-corrected chi connectivity index (χ2v) is 6.49. The quantitative estimate of drug-likeness (QED) is 0.378. The number of benzene rings is 1. The van der Waals surface area contributed by atoms with Crippen molar-refractivity contribution in [1.82, 2.24) is 4.90 Å². The van der Waals surface area contributed by atoms with Gasteiger partial charge in [0.05, 0.1) is 5.25 Å². The third kappa shape index (κ3) is 5.07. The third-order valence-corrected chi connectivity index (χ3v) is 4.38. The fourth-order valence-electron chi connectivity index (χ4n) is 2.58. The lowest BCUT2D eigenvalue weighted by atomic mass is 10.1. The highest BCUT2D eigenvalue weighted by Crippen LogP contribution is 2.18. The number of carbonyl (C=O) groups is 3. The van der Waals surface area contributed by atoms with E-state index in [-0.39, 0.29) is 24.1 Å². The molecule has 24 heavy (non-hydrogen) atoms. The molecule has 1 aromatic rings. The highest BCUT2D eigenvalue weighted by molar-refractivity contribution is 7.81. The minimum absolute atomic E-state index is 0.0424. The van der Waals surface area contributed by atoms with Crippen LogP contribution in [0.3, 0.4) is 0 Å². The summed E-state index contributed by atoms with van der Waals surface area (Å²) in [6.07, 6.45) is 2.81. The average molecular weight is 349 g/mol. The van der Waals surface area contributed by atoms with Crippen molar-refractivity contribution in [2.75, 3.05) is 11.9 Å². The smallest absolute Gasteiger partial charge is 0.242 e. The van der Waals surface area contributed by atoms with E-state index >= 15 is 0 Å². The standard InChI is InChI=1S/C17H23N3O3S/c18-11-12-5-7-13(8-6-12)19-15(21)4-2-1-3-9-20-16(22)10-14(24)17(20)23/h5-8,14,24H,1-4,9-11,18H2,(H,19,21). The predicted molar refractivity (Wildman–Crippen MR) is 95.5 cm³/mol. The van der Waals surface area contributed by atoms with Crippen molar-refractivity contribution >= 4 is 36.0 Å². The molecular formula is C17H23N3O3S. The average Bonchev–Trinajstić information content (AvgIpc) is 2.81. The third-order valence-electron chi connectivity index (χ3n) is 3.98. The van der Waals surface area contributed by atoms with E-state index in [4.69, 9.17) is 5.73 Å². The number of likely N-dealkylation sites (tertiary alicyclic amines) is 1. The van der Waals surface area contributed by atoms with Gasteiger partial charge in [0.15, 0.2) is 0 Å². The zero-order valence-corrected chi connectivity index (χ0v) is 14.4. The SMILES string of the molecule is NCc1ccc(NC(=O)CCCCCN2C(=O)CC(S)C2=O)cc1. The Labute approximate surface area is 147 Å². The van der Waals surface area contributed by atoms with Gasteiger partial charge in [0, 0.05) is 31.6 Å². The second kappa shape index (κ2) is 8.84. The van der Waals surface area contributed by atoms with Crippen molar-refractivity contribution in [3.8, 4) is 0 Å². The number of hydrogen-bond acceptors (Lipinski definition) is 5. The number of nitrogens with two attached hydrogens (primary N) is 1. The summed E-state index contributed by atoms with van der Waals surface area (Å²) in [7, 11) is 0. The van der Waals surface area contributed by atoms with E-state index in [2.05, 4.69) is 17.9 Å². The zero-order valence-electron chi connectivity index (χ0n) is 13.5. The Morgan fingerprint density at radius 3 is 2.50 bits per heavy atom. The molecule has 1 fully saturated rings. The number of imide groups is 1. The summed E-state index contributed by atoms with van der Waals surface area (Å²) >= 11 is 4.08. The van der Waals surface area contributed by atoms with Crippen molar-refractivity contribution in [3.63, 3.8) is 0 Å². The Morgan fingerprint density at radius 2 is 1.92 bits per heavy atom. The molecule has 1 unspecified atom stereocenters. The number of amides is 3. The highest BCUT2D eigenvalue weighted by Gasteiger charge is 2.35. The number of hydrogen-bond donors (Lipinski definition) is 3. The number of anilines is 1. The van der Waals surface area contributed by atoms with Gasteiger partial charge >= 0.3 is 0 Å². The lowest BCUT2D eigenvalue weighted by Crippen LogP contribution is -2.31. The number of nitrogens with one attached hydrogen (secondary N) is 1. The van der Waals surface area contributed by atoms with Crippen LogP contribution >= 0.6 is 12.6 Å². The number of thiol groups is 1. The van der Waals surface area contributed by atoms with Crippen molar-refractivity contribution in [1.29, 1.82) is 0 Å². The van der Waals surface area contributed by atoms with Gasteiger partial charge in [-0.1, -0.05) is 18.6 Å². The molecule has 1 heterocycles. The summed E-state index contributed by atoms with van der Waals surface area (Å²) in [5.74, 6) is -0.403. The predicted octanol–water partition coefficient (Wildman–Crippen LogP) is 1.70. The molecule has 3 N–H and O–H groups in total. The molecular weight excluding hydrogens is 326 g/mol. The van der Waals surface area contributed by atoms with Crippen LogP contribution in [0.25, 0.3) is 0 Å². The first-order valence-electron chi connectivity index (χ1n) is 8.12. The molecule has 0 aromatic heterocycles. The van der Waals surface area contributed by atoms with Crippen LogP contribution in [-0.2, 0) is 20.9 Å². The molecule has 130 valence electrons. The Morgan fingerprint density at radius 1 is 1.21 bits per heavy atom. The lowest BCUT2D eigenvalue weighted by Gasteiger charge is -2.13. The van der Waals surface area contributed by atoms with Crippen molar-refractivity contribution in [2.24, 2.45) is 5.73 Å². The molecule has 0 bridgehead atoms. The van der Waals surface area contributed by atoms with Gasteiger partial charge in [0.25, 0.3) is 0 Å². The number of rotatable bonds is 8. The van der Waals surface area contributed by atoms with Crippen LogP contribution in [0.1, 0.15) is 37.7 Å². The van der Waals surface area contributed by atoms with E-state index in [1.54, 1.807) is 0 Å². The maximum Gasteiger partial charge on any atom is 0.242 e. The minimum atomic E-state index is -0.492. The summed E-state index contributed by atoms with van der Waals surface area (Å²) in [5, 5.41) is 2.34. The summed E-state index contributed by atoms with van der Waals surface area (Å²) in [6, 6.07) is 7.43. The van der Waals surface area contributed by atoms with Gasteiger partial charge in [-0.3, -0.25) is 19.3 Å². The molecule has 1 aromatic carbocycles. The van der Waals surface area contributed by atoms with Gasteiger partial charge in [0.1, 0.15) is 0 Å². The summed E-state index contributed by atoms with van der Waals surface area (Å²) in [4.78, 5) is 36.4. The van der Waals surface area contributed by atoms with Crippen LogP contribution in [-0.4, -0.2) is 34.4 Å². The first-order valence-corrected chi connectivity index (χ1v) is 8.64. The lowest BCUT2D eigenvalue weighted by molar-refractivity contribution is -0.138. The molecule has 7 heteroatoms. The first-order chi connectivity index (χ1) is 11.5. The topological polar surface area (TPSA) is 92.5 Å². The molecule has 0 spiro atoms. The molecule has 1 saturated heterocycles. The Bertz CT molecular complexity index is 604. The summed E-state index contributed by atoms with van der Waals surface area (Å²) in [5.41, 5.74) is 7.30. The van der Waals surface area contributed by atoms with Crippen LogP contribution in [0.4, 0.5) is 5.69 Å². The summed E-state index contributed by atoms with van der Waals surface area (Å²) < 4.78 is 0. The molecule has 1 atom stereocenters. The van der Waals surface area contributed by atoms with Gasteiger partial charge in [0.2, 0.25) is 17.7 Å². The van der Waals surface area contributed by atoms with Gasteiger partial charge in [-0.05, 0) is 30.5 Å². The van der Waals surface area contributed by atoms with E-state index < -0.39 is 5.25 Å². The van der Waals surface area contributed by atoms with E-state index in [1.165, 1.54) is 4.90 Å². The second-order valence-electron chi connectivity index (χ2n) is 5.86. The molecule has 3 amide bonds. The Balaban J connectivity index is 1.62. The number of carbonyl (C=O) groups excluding carboxylic acids is 3. The normalized spacial score (nSPS) is 17.4. The van der Waals surface area contributed by atoms with E-state index in [0.717, 1.165) is 17.7 Å². The molecule has 0 aliphatic carbocycles. The monoisotopic (exact) mass is 349 g/mol. The van der Waals surface area contributed by atoms with Crippen molar-refractivity contribution in [2.45, 2.75) is 43.9 Å². The van der Waals surface area contributed by atoms with Crippen LogP contribution < -0.4 is 11.1 Å². The molecule has 2 rings (SSSR count). The van der Waals surface area contributed by atoms with Crippen LogP contribution in [0, 0.1) is 0 Å². The molecule has 6 nitrogen and oxygen atoms in total. The van der Waals surface area contributed by atoms with Crippen LogP contribution in [0.15, 0.2) is 24.3 Å². The van der Waals surface area contributed by atoms with E-state index in [9.17, 15) is 14.4 Å². The van der Waals surface area contributed by atoms with Crippen LogP contribution in [0.2, 0.25) is 0 Å². The zero-order chi connectivity index (χ0) is 17.5. The largest absolute Gasteiger partial charge is 0.326 e. The molecule has 0 saturated carbocycles. The fraction of sp³-hybridized carbons (Fsp3) is 0.471. The number of nitrogens with zero attached hydrogens (tertiary/aromatic N) is 1. The first kappa shape index (κ1) is 18.5. The Hall–Kier alpha value is -1.86. The fourth-order valence-corrected chi connectivity index (χ4v) is 2.88. The minimum Gasteiger partial charge on any atom is -0.326 e. The maximum atomic E-state index is 11.9. The van der Waals surface area contributed by atoms with E-state index in [0.29, 0.717) is 32.4 Å². The molecule has 0 radical (unpaired) electrons. The Kier molecular flexibility index (Phi) is 6.81. The van der Waals surface area contributed by atoms with Gasteiger partial charge in [-0.2, -0.15) is 12.6 Å². The van der Waals surface area contributed by atoms with Gasteiger partial charge in [-0.25, -0.2) is 0 Å². The molecule has 1 aliphatic heterocycles. The molecule has 1 aliphatic rings. The van der Waals surface area contributed by atoms with Gasteiger partial charge < -0.3 is 11.1 Å². The number of unbranched alkanes of at least 4 members (excludes halogenated alkanes) is 2. The highest BCUT2D eigenvalue weighted by atomic mass is 32.1. The van der Waals surface area contributed by atoms with Crippen molar-refractivity contribution < 1.29 is 14.4 Å².